The van der Waals surface area contributed by atoms with Gasteiger partial charge in [0.1, 0.15) is 16.4 Å². The van der Waals surface area contributed by atoms with Crippen molar-refractivity contribution in [3.05, 3.63) is 18.2 Å². The lowest BCUT2D eigenvalue weighted by Crippen LogP contribution is -2.55. The van der Waals surface area contributed by atoms with Crippen LogP contribution >= 0.6 is 0 Å². The molecule has 10 heteroatoms. The number of urea groups is 1. The van der Waals surface area contributed by atoms with Crippen LogP contribution in [0.2, 0.25) is 0 Å². The van der Waals surface area contributed by atoms with Gasteiger partial charge >= 0.3 is 6.03 Å². The van der Waals surface area contributed by atoms with E-state index in [9.17, 15) is 13.2 Å². The second-order valence-corrected chi connectivity index (χ2v) is 10.7. The van der Waals surface area contributed by atoms with Crippen LogP contribution in [0.15, 0.2) is 23.1 Å². The molecular weight excluding hydrogens is 432 g/mol. The molecule has 2 aliphatic rings. The maximum absolute atomic E-state index is 13.2. The highest BCUT2D eigenvalue weighted by atomic mass is 32.2. The minimum absolute atomic E-state index is 0.0745. The standard InChI is InChI=1S/C22H36N4O5S/c1-17(2)16-24-9-7-18(8-10-24)23-22(27)25-11-13-26(14-12-25)32(28,29)21-15-19(30-3)5-6-20(21)31-4/h5-6,15,17-18H,7-14,16H2,1-4H3,(H,23,27). The third-order valence-electron chi connectivity index (χ3n) is 6.05. The predicted octanol–water partition coefficient (Wildman–Crippen LogP) is 1.84. The summed E-state index contributed by atoms with van der Waals surface area (Å²) in [6.07, 6.45) is 1.89. The number of benzene rings is 1. The van der Waals surface area contributed by atoms with Gasteiger partial charge in [-0.05, 0) is 30.9 Å². The van der Waals surface area contributed by atoms with Gasteiger partial charge in [-0.3, -0.25) is 0 Å². The Labute approximate surface area is 191 Å². The van der Waals surface area contributed by atoms with Crippen LogP contribution < -0.4 is 14.8 Å². The number of ether oxygens (including phenoxy) is 2. The first-order valence-corrected chi connectivity index (χ1v) is 12.7. The predicted molar refractivity (Wildman–Crippen MR) is 123 cm³/mol. The molecule has 2 aliphatic heterocycles. The zero-order valence-corrected chi connectivity index (χ0v) is 20.4. The number of amides is 2. The smallest absolute Gasteiger partial charge is 0.317 e. The largest absolute Gasteiger partial charge is 0.497 e. The fourth-order valence-corrected chi connectivity index (χ4v) is 5.89. The molecule has 9 nitrogen and oxygen atoms in total. The molecule has 0 radical (unpaired) electrons. The van der Waals surface area contributed by atoms with Gasteiger partial charge in [-0.25, -0.2) is 13.2 Å². The maximum atomic E-state index is 13.2. The van der Waals surface area contributed by atoms with Gasteiger partial charge in [0.25, 0.3) is 0 Å². The fourth-order valence-electron chi connectivity index (χ4n) is 4.30. The number of methoxy groups -OCH3 is 2. The van der Waals surface area contributed by atoms with E-state index in [0.717, 1.165) is 32.5 Å². The minimum Gasteiger partial charge on any atom is -0.497 e. The van der Waals surface area contributed by atoms with Crippen molar-refractivity contribution in [1.82, 2.24) is 19.4 Å². The first-order valence-electron chi connectivity index (χ1n) is 11.2. The monoisotopic (exact) mass is 468 g/mol. The second-order valence-electron chi connectivity index (χ2n) is 8.83. The highest BCUT2D eigenvalue weighted by Crippen LogP contribution is 2.31. The van der Waals surface area contributed by atoms with Crippen molar-refractivity contribution in [2.24, 2.45) is 5.92 Å². The number of piperidine rings is 1. The molecule has 0 spiro atoms. The molecule has 0 aromatic heterocycles. The summed E-state index contributed by atoms with van der Waals surface area (Å²) >= 11 is 0. The van der Waals surface area contributed by atoms with E-state index in [2.05, 4.69) is 24.1 Å². The van der Waals surface area contributed by atoms with Gasteiger partial charge in [-0.2, -0.15) is 4.31 Å². The van der Waals surface area contributed by atoms with Crippen LogP contribution in [0, 0.1) is 5.92 Å². The van der Waals surface area contributed by atoms with Gasteiger partial charge < -0.3 is 24.6 Å². The van der Waals surface area contributed by atoms with Crippen molar-refractivity contribution in [2.45, 2.75) is 37.6 Å². The maximum Gasteiger partial charge on any atom is 0.317 e. The van der Waals surface area contributed by atoms with Gasteiger partial charge in [0.15, 0.2) is 0 Å². The Morgan fingerprint density at radius 2 is 1.72 bits per heavy atom. The quantitative estimate of drug-likeness (QED) is 0.657. The van der Waals surface area contributed by atoms with Crippen LogP contribution in [0.1, 0.15) is 26.7 Å². The highest BCUT2D eigenvalue weighted by molar-refractivity contribution is 7.89. The summed E-state index contributed by atoms with van der Waals surface area (Å²) in [5.41, 5.74) is 0. The molecule has 3 rings (SSSR count). The van der Waals surface area contributed by atoms with Crippen molar-refractivity contribution in [3.63, 3.8) is 0 Å². The second kappa shape index (κ2) is 10.7. The van der Waals surface area contributed by atoms with Crippen molar-refractivity contribution in [2.75, 3.05) is 60.0 Å². The molecule has 0 saturated carbocycles. The Kier molecular flexibility index (Phi) is 8.24. The van der Waals surface area contributed by atoms with E-state index < -0.39 is 10.0 Å². The fraction of sp³-hybridized carbons (Fsp3) is 0.682. The number of hydrogen-bond donors (Lipinski definition) is 1. The molecule has 0 aliphatic carbocycles. The molecular formula is C22H36N4O5S. The van der Waals surface area contributed by atoms with Gasteiger partial charge in [-0.15, -0.1) is 0 Å². The molecule has 2 amide bonds. The molecule has 2 fully saturated rings. The van der Waals surface area contributed by atoms with Crippen molar-refractivity contribution < 1.29 is 22.7 Å². The van der Waals surface area contributed by atoms with Crippen LogP contribution in [0.4, 0.5) is 4.79 Å². The number of sulfonamides is 1. The van der Waals surface area contributed by atoms with Crippen molar-refractivity contribution in [3.8, 4) is 11.5 Å². The Bertz CT molecular complexity index is 876. The molecule has 180 valence electrons. The lowest BCUT2D eigenvalue weighted by Gasteiger charge is -2.37. The van der Waals surface area contributed by atoms with Crippen LogP contribution in [-0.2, 0) is 10.0 Å². The van der Waals surface area contributed by atoms with E-state index in [1.165, 1.54) is 24.6 Å². The van der Waals surface area contributed by atoms with Crippen LogP contribution in [0.3, 0.4) is 0 Å². The highest BCUT2D eigenvalue weighted by Gasteiger charge is 2.33. The average Bonchev–Trinajstić information content (AvgIpc) is 2.79. The van der Waals surface area contributed by atoms with Crippen molar-refractivity contribution in [1.29, 1.82) is 0 Å². The van der Waals surface area contributed by atoms with E-state index in [4.69, 9.17) is 9.47 Å². The number of rotatable bonds is 7. The van der Waals surface area contributed by atoms with Crippen LogP contribution in [0.5, 0.6) is 11.5 Å². The first kappa shape index (κ1) is 24.6. The number of likely N-dealkylation sites (tertiary alicyclic amines) is 1. The summed E-state index contributed by atoms with van der Waals surface area (Å²) in [7, 11) is -0.835. The summed E-state index contributed by atoms with van der Waals surface area (Å²) in [6.45, 7) is 8.71. The summed E-state index contributed by atoms with van der Waals surface area (Å²) in [5.74, 6) is 1.36. The number of piperazine rings is 1. The van der Waals surface area contributed by atoms with Crippen LogP contribution in [-0.4, -0.2) is 94.6 Å². The number of carbonyl (C=O) groups excluding carboxylic acids is 1. The Morgan fingerprint density at radius 3 is 2.28 bits per heavy atom. The van der Waals surface area contributed by atoms with E-state index >= 15 is 0 Å². The topological polar surface area (TPSA) is 91.4 Å². The van der Waals surface area contributed by atoms with Gasteiger partial charge in [0, 0.05) is 57.9 Å². The molecule has 1 aromatic carbocycles. The van der Waals surface area contributed by atoms with E-state index in [1.807, 2.05) is 0 Å². The molecule has 2 heterocycles. The number of nitrogens with one attached hydrogen (secondary N) is 1. The van der Waals surface area contributed by atoms with Gasteiger partial charge in [-0.1, -0.05) is 13.8 Å². The molecule has 32 heavy (non-hydrogen) atoms. The Balaban J connectivity index is 1.54. The number of hydrogen-bond acceptors (Lipinski definition) is 6. The lowest BCUT2D eigenvalue weighted by molar-refractivity contribution is 0.152. The summed E-state index contributed by atoms with van der Waals surface area (Å²) in [4.78, 5) is 17.0. The van der Waals surface area contributed by atoms with Gasteiger partial charge in [0.05, 0.1) is 14.2 Å². The lowest BCUT2D eigenvalue weighted by atomic mass is 10.0. The zero-order chi connectivity index (χ0) is 23.3. The Hall–Kier alpha value is -2.04. The van der Waals surface area contributed by atoms with E-state index in [-0.39, 0.29) is 35.8 Å². The third-order valence-corrected chi connectivity index (χ3v) is 7.97. The average molecular weight is 469 g/mol. The molecule has 0 unspecified atom stereocenters. The summed E-state index contributed by atoms with van der Waals surface area (Å²) < 4.78 is 38.2. The normalized spacial score (nSPS) is 19.2. The minimum atomic E-state index is -3.77. The van der Waals surface area contributed by atoms with Gasteiger partial charge in [0.2, 0.25) is 10.0 Å². The van der Waals surface area contributed by atoms with Crippen LogP contribution in [0.25, 0.3) is 0 Å². The Morgan fingerprint density at radius 1 is 1.06 bits per heavy atom. The first-order chi connectivity index (χ1) is 15.2. The molecule has 2 saturated heterocycles. The molecule has 0 atom stereocenters. The SMILES string of the molecule is COc1ccc(OC)c(S(=O)(=O)N2CCN(C(=O)NC3CCN(CC(C)C)CC3)CC2)c1. The number of nitrogens with zero attached hydrogens (tertiary/aromatic N) is 3. The van der Waals surface area contributed by atoms with E-state index in [1.54, 1.807) is 17.0 Å². The zero-order valence-electron chi connectivity index (χ0n) is 19.5. The number of carbonyl (C=O) groups is 1. The summed E-state index contributed by atoms with van der Waals surface area (Å²) in [5, 5.41) is 3.14. The third kappa shape index (κ3) is 5.85. The molecule has 1 aromatic rings. The van der Waals surface area contributed by atoms with Crippen molar-refractivity contribution >= 4 is 16.1 Å². The molecule has 0 bridgehead atoms. The molecule has 1 N–H and O–H groups in total. The van der Waals surface area contributed by atoms with E-state index in [0.29, 0.717) is 24.8 Å². The summed E-state index contributed by atoms with van der Waals surface area (Å²) in [6, 6.07) is 4.78.